The first-order chi connectivity index (χ1) is 8.63. The molecule has 0 radical (unpaired) electrons. The first kappa shape index (κ1) is 15.3. The summed E-state index contributed by atoms with van der Waals surface area (Å²) in [5.74, 6) is -0.392. The van der Waals surface area contributed by atoms with E-state index in [1.165, 1.54) is 0 Å². The minimum atomic E-state index is -0.684. The van der Waals surface area contributed by atoms with Gasteiger partial charge in [0.25, 0.3) is 0 Å². The largest absolute Gasteiger partial charge is 0.481 e. The van der Waals surface area contributed by atoms with Gasteiger partial charge in [0.2, 0.25) is 5.91 Å². The summed E-state index contributed by atoms with van der Waals surface area (Å²) < 4.78 is 4.84. The van der Waals surface area contributed by atoms with Gasteiger partial charge in [0.15, 0.2) is 0 Å². The van der Waals surface area contributed by atoms with Crippen LogP contribution in [0.25, 0.3) is 0 Å². The van der Waals surface area contributed by atoms with Gasteiger partial charge < -0.3 is 15.2 Å². The highest BCUT2D eigenvalue weighted by atomic mass is 32.2. The number of hydrogen-bond acceptors (Lipinski definition) is 4. The number of methoxy groups -OCH3 is 1. The van der Waals surface area contributed by atoms with Crippen molar-refractivity contribution in [2.75, 3.05) is 26.0 Å². The number of rotatable bonds is 7. The van der Waals surface area contributed by atoms with E-state index >= 15 is 0 Å². The lowest BCUT2D eigenvalue weighted by Gasteiger charge is -2.25. The molecule has 104 valence electrons. The molecule has 0 spiro atoms. The number of aliphatic carboxylic acids is 1. The molecule has 1 saturated carbocycles. The fourth-order valence-corrected chi connectivity index (χ4v) is 3.11. The van der Waals surface area contributed by atoms with Gasteiger partial charge in [-0.2, -0.15) is 0 Å². The third-order valence-electron chi connectivity index (χ3n) is 3.10. The van der Waals surface area contributed by atoms with Gasteiger partial charge >= 0.3 is 5.97 Å². The van der Waals surface area contributed by atoms with Crippen molar-refractivity contribution < 1.29 is 19.4 Å². The van der Waals surface area contributed by atoms with Crippen LogP contribution < -0.4 is 5.32 Å². The summed E-state index contributed by atoms with van der Waals surface area (Å²) in [7, 11) is 1.60. The van der Waals surface area contributed by atoms with Crippen molar-refractivity contribution in [3.63, 3.8) is 0 Å². The maximum Gasteiger partial charge on any atom is 0.306 e. The summed E-state index contributed by atoms with van der Waals surface area (Å²) in [5.41, 5.74) is 0. The second-order valence-electron chi connectivity index (χ2n) is 4.47. The van der Waals surface area contributed by atoms with E-state index in [2.05, 4.69) is 5.32 Å². The van der Waals surface area contributed by atoms with E-state index in [9.17, 15) is 9.59 Å². The van der Waals surface area contributed by atoms with E-state index in [0.29, 0.717) is 24.2 Å². The van der Waals surface area contributed by atoms with E-state index in [4.69, 9.17) is 9.84 Å². The Hall–Kier alpha value is -0.750. The Bertz CT molecular complexity index is 277. The first-order valence-corrected chi connectivity index (χ1v) is 7.28. The number of carboxylic acid groups (broad SMARTS) is 1. The van der Waals surface area contributed by atoms with Crippen molar-refractivity contribution in [2.24, 2.45) is 5.92 Å². The number of carboxylic acids is 1. The molecule has 0 aromatic carbocycles. The maximum absolute atomic E-state index is 11.5. The second-order valence-corrected chi connectivity index (χ2v) is 5.75. The molecule has 0 aliphatic heterocycles. The van der Waals surface area contributed by atoms with Gasteiger partial charge in [0.05, 0.1) is 18.3 Å². The quantitative estimate of drug-likeness (QED) is 0.681. The molecule has 18 heavy (non-hydrogen) atoms. The normalized spacial score (nSPS) is 23.6. The van der Waals surface area contributed by atoms with Crippen LogP contribution in [0, 0.1) is 5.92 Å². The zero-order valence-electron chi connectivity index (χ0n) is 10.7. The highest BCUT2D eigenvalue weighted by Crippen LogP contribution is 2.31. The minimum Gasteiger partial charge on any atom is -0.481 e. The van der Waals surface area contributed by atoms with Crippen LogP contribution in [-0.2, 0) is 14.3 Å². The minimum absolute atomic E-state index is 0.0254. The molecule has 0 aromatic rings. The third-order valence-corrected chi connectivity index (χ3v) is 4.47. The summed E-state index contributed by atoms with van der Waals surface area (Å²) in [5, 5.41) is 12.1. The van der Waals surface area contributed by atoms with Crippen molar-refractivity contribution >= 4 is 23.6 Å². The molecule has 1 aliphatic rings. The molecule has 1 fully saturated rings. The average Bonchev–Trinajstić information content (AvgIpc) is 2.37. The van der Waals surface area contributed by atoms with Crippen molar-refractivity contribution in [1.82, 2.24) is 5.32 Å². The van der Waals surface area contributed by atoms with Crippen LogP contribution in [0.1, 0.15) is 25.7 Å². The van der Waals surface area contributed by atoms with Crippen LogP contribution in [0.3, 0.4) is 0 Å². The van der Waals surface area contributed by atoms with E-state index in [-0.39, 0.29) is 11.8 Å². The molecule has 0 atom stereocenters. The number of thioether (sulfide) groups is 1. The summed E-state index contributed by atoms with van der Waals surface area (Å²) in [6.45, 7) is 1.07. The van der Waals surface area contributed by atoms with Crippen molar-refractivity contribution in [2.45, 2.75) is 30.9 Å². The number of carbonyl (C=O) groups excluding carboxylic acids is 1. The summed E-state index contributed by atoms with van der Waals surface area (Å²) in [4.78, 5) is 22.2. The van der Waals surface area contributed by atoms with Crippen LogP contribution in [0.2, 0.25) is 0 Å². The molecule has 0 heterocycles. The Kier molecular flexibility index (Phi) is 7.12. The lowest BCUT2D eigenvalue weighted by atomic mass is 9.89. The molecule has 1 amide bonds. The zero-order chi connectivity index (χ0) is 13.4. The molecule has 2 N–H and O–H groups in total. The lowest BCUT2D eigenvalue weighted by molar-refractivity contribution is -0.142. The Balaban J connectivity index is 2.10. The van der Waals surface area contributed by atoms with Crippen LogP contribution in [0.4, 0.5) is 0 Å². The number of amides is 1. The van der Waals surface area contributed by atoms with E-state index in [1.807, 2.05) is 0 Å². The molecule has 0 aromatic heterocycles. The number of carbonyl (C=O) groups is 2. The molecule has 0 bridgehead atoms. The molecule has 1 aliphatic carbocycles. The summed E-state index contributed by atoms with van der Waals surface area (Å²) in [6.07, 6.45) is 3.26. The Morgan fingerprint density at radius 1 is 1.33 bits per heavy atom. The van der Waals surface area contributed by atoms with Crippen LogP contribution in [-0.4, -0.2) is 48.2 Å². The van der Waals surface area contributed by atoms with Gasteiger partial charge in [-0.1, -0.05) is 0 Å². The van der Waals surface area contributed by atoms with Gasteiger partial charge in [-0.05, 0) is 25.7 Å². The van der Waals surface area contributed by atoms with Gasteiger partial charge in [-0.25, -0.2) is 0 Å². The average molecular weight is 275 g/mol. The first-order valence-electron chi connectivity index (χ1n) is 6.23. The van der Waals surface area contributed by atoms with Gasteiger partial charge in [0, 0.05) is 18.9 Å². The smallest absolute Gasteiger partial charge is 0.306 e. The van der Waals surface area contributed by atoms with Gasteiger partial charge in [-0.3, -0.25) is 9.59 Å². The van der Waals surface area contributed by atoms with Crippen molar-refractivity contribution in [3.8, 4) is 0 Å². The SMILES string of the molecule is COCCNC(=O)CSC1CCC(C(=O)O)CC1. The van der Waals surface area contributed by atoms with E-state index in [0.717, 1.165) is 25.7 Å². The van der Waals surface area contributed by atoms with Gasteiger partial charge in [0.1, 0.15) is 0 Å². The van der Waals surface area contributed by atoms with Crippen molar-refractivity contribution in [1.29, 1.82) is 0 Å². The predicted molar refractivity (Wildman–Crippen MR) is 70.7 cm³/mol. The lowest BCUT2D eigenvalue weighted by Crippen LogP contribution is -2.30. The summed E-state index contributed by atoms with van der Waals surface area (Å²) >= 11 is 1.63. The molecule has 0 saturated heterocycles. The van der Waals surface area contributed by atoms with Crippen LogP contribution in [0.5, 0.6) is 0 Å². The topological polar surface area (TPSA) is 75.6 Å². The summed E-state index contributed by atoms with van der Waals surface area (Å²) in [6, 6.07) is 0. The monoisotopic (exact) mass is 275 g/mol. The number of nitrogens with one attached hydrogen (secondary N) is 1. The zero-order valence-corrected chi connectivity index (χ0v) is 11.5. The number of hydrogen-bond donors (Lipinski definition) is 2. The van der Waals surface area contributed by atoms with Crippen LogP contribution in [0.15, 0.2) is 0 Å². The van der Waals surface area contributed by atoms with Gasteiger partial charge in [-0.15, -0.1) is 11.8 Å². The number of ether oxygens (including phenoxy) is 1. The molecule has 1 rings (SSSR count). The van der Waals surface area contributed by atoms with E-state index < -0.39 is 5.97 Å². The molecular formula is C12H21NO4S. The second kappa shape index (κ2) is 8.37. The molecule has 6 heteroatoms. The highest BCUT2D eigenvalue weighted by molar-refractivity contribution is 8.00. The van der Waals surface area contributed by atoms with E-state index in [1.54, 1.807) is 18.9 Å². The third kappa shape index (κ3) is 5.73. The molecule has 5 nitrogen and oxygen atoms in total. The molecular weight excluding hydrogens is 254 g/mol. The standard InChI is InChI=1S/C12H21NO4S/c1-17-7-6-13-11(14)8-18-10-4-2-9(3-5-10)12(15)16/h9-10H,2-8H2,1H3,(H,13,14)(H,15,16). The maximum atomic E-state index is 11.5. The Labute approximate surface area is 112 Å². The molecule has 0 unspecified atom stereocenters. The predicted octanol–water partition coefficient (Wildman–Crippen LogP) is 1.13. The fourth-order valence-electron chi connectivity index (χ4n) is 2.01. The Morgan fingerprint density at radius 3 is 2.56 bits per heavy atom. The fraction of sp³-hybridized carbons (Fsp3) is 0.833. The Morgan fingerprint density at radius 2 is 2.00 bits per heavy atom. The highest BCUT2D eigenvalue weighted by Gasteiger charge is 2.26. The van der Waals surface area contributed by atoms with Crippen molar-refractivity contribution in [3.05, 3.63) is 0 Å². The van der Waals surface area contributed by atoms with Crippen LogP contribution >= 0.6 is 11.8 Å².